The Morgan fingerprint density at radius 2 is 1.87 bits per heavy atom. The predicted octanol–water partition coefficient (Wildman–Crippen LogP) is 3.56. The summed E-state index contributed by atoms with van der Waals surface area (Å²) >= 11 is 0. The van der Waals surface area contributed by atoms with Gasteiger partial charge in [0.25, 0.3) is 0 Å². The largest absolute Gasteiger partial charge is 0.399 e. The number of benzene rings is 1. The fourth-order valence-corrected chi connectivity index (χ4v) is 2.19. The van der Waals surface area contributed by atoms with Crippen molar-refractivity contribution in [1.29, 1.82) is 0 Å². The Kier molecular flexibility index (Phi) is 2.63. The van der Waals surface area contributed by atoms with Crippen LogP contribution in [0.4, 0.5) is 14.5 Å². The number of anilines is 1. The number of nitrogen functional groups attached to an aromatic ring is 1. The first-order valence-electron chi connectivity index (χ1n) is 5.30. The summed E-state index contributed by atoms with van der Waals surface area (Å²) in [5.74, 6) is -2.19. The topological polar surface area (TPSA) is 26.0 Å². The first-order valence-corrected chi connectivity index (χ1v) is 5.30. The molecule has 2 N–H and O–H groups in total. The van der Waals surface area contributed by atoms with Gasteiger partial charge in [-0.25, -0.2) is 8.78 Å². The van der Waals surface area contributed by atoms with Crippen molar-refractivity contribution < 1.29 is 8.78 Å². The van der Waals surface area contributed by atoms with E-state index in [-0.39, 0.29) is 18.8 Å². The van der Waals surface area contributed by atoms with E-state index in [1.807, 2.05) is 24.3 Å². The van der Waals surface area contributed by atoms with E-state index in [2.05, 4.69) is 0 Å². The van der Waals surface area contributed by atoms with Crippen LogP contribution in [0.25, 0.3) is 0 Å². The van der Waals surface area contributed by atoms with Gasteiger partial charge in [-0.2, -0.15) is 0 Å². The molecule has 2 rings (SSSR count). The van der Waals surface area contributed by atoms with E-state index in [0.29, 0.717) is 18.5 Å². The molecule has 15 heavy (non-hydrogen) atoms. The summed E-state index contributed by atoms with van der Waals surface area (Å²) in [5.41, 5.74) is 7.49. The fourth-order valence-electron chi connectivity index (χ4n) is 2.19. The second-order valence-corrected chi connectivity index (χ2v) is 4.30. The van der Waals surface area contributed by atoms with Crippen molar-refractivity contribution in [1.82, 2.24) is 0 Å². The van der Waals surface area contributed by atoms with E-state index >= 15 is 0 Å². The Hall–Kier alpha value is -1.12. The van der Waals surface area contributed by atoms with Crippen LogP contribution in [-0.2, 0) is 0 Å². The van der Waals surface area contributed by atoms with Gasteiger partial charge >= 0.3 is 0 Å². The lowest BCUT2D eigenvalue weighted by molar-refractivity contribution is -0.0382. The summed E-state index contributed by atoms with van der Waals surface area (Å²) in [4.78, 5) is 0. The van der Waals surface area contributed by atoms with Crippen molar-refractivity contribution in [3.8, 4) is 0 Å². The Morgan fingerprint density at radius 3 is 2.47 bits per heavy atom. The second kappa shape index (κ2) is 3.80. The lowest BCUT2D eigenvalue weighted by atomic mass is 9.82. The van der Waals surface area contributed by atoms with Crippen molar-refractivity contribution in [3.05, 3.63) is 29.8 Å². The maximum Gasteiger partial charge on any atom is 0.248 e. The third kappa shape index (κ3) is 2.46. The van der Waals surface area contributed by atoms with Gasteiger partial charge in [0.2, 0.25) is 5.92 Å². The first kappa shape index (κ1) is 10.4. The molecule has 1 aliphatic carbocycles. The zero-order chi connectivity index (χ0) is 10.9. The lowest BCUT2D eigenvalue weighted by Gasteiger charge is -2.28. The number of halogens is 2. The Bertz CT molecular complexity index is 339. The molecule has 1 aromatic carbocycles. The minimum absolute atomic E-state index is 0.00641. The van der Waals surface area contributed by atoms with E-state index in [1.54, 1.807) is 0 Å². The zero-order valence-corrected chi connectivity index (χ0v) is 8.55. The number of hydrogen-bond donors (Lipinski definition) is 1. The van der Waals surface area contributed by atoms with Crippen molar-refractivity contribution >= 4 is 5.69 Å². The molecule has 0 heterocycles. The van der Waals surface area contributed by atoms with Crippen LogP contribution in [0.3, 0.4) is 0 Å². The molecule has 0 aromatic heterocycles. The van der Waals surface area contributed by atoms with Gasteiger partial charge in [-0.3, -0.25) is 0 Å². The van der Waals surface area contributed by atoms with Crippen molar-refractivity contribution in [2.45, 2.75) is 37.5 Å². The monoisotopic (exact) mass is 211 g/mol. The molecule has 1 fully saturated rings. The normalized spacial score (nSPS) is 21.5. The molecule has 3 heteroatoms. The highest BCUT2D eigenvalue weighted by atomic mass is 19.3. The smallest absolute Gasteiger partial charge is 0.248 e. The maximum atomic E-state index is 12.9. The van der Waals surface area contributed by atoms with E-state index in [1.165, 1.54) is 0 Å². The molecule has 0 unspecified atom stereocenters. The van der Waals surface area contributed by atoms with Crippen LogP contribution in [0, 0.1) is 0 Å². The van der Waals surface area contributed by atoms with Crippen LogP contribution >= 0.6 is 0 Å². The second-order valence-electron chi connectivity index (χ2n) is 4.30. The SMILES string of the molecule is Nc1cccc(C2CCC(F)(F)CC2)c1. The summed E-state index contributed by atoms with van der Waals surface area (Å²) in [5, 5.41) is 0. The van der Waals surface area contributed by atoms with Crippen LogP contribution < -0.4 is 5.73 Å². The van der Waals surface area contributed by atoms with Gasteiger partial charge in [-0.1, -0.05) is 12.1 Å². The van der Waals surface area contributed by atoms with Crippen LogP contribution in [0.2, 0.25) is 0 Å². The van der Waals surface area contributed by atoms with Gasteiger partial charge in [-0.15, -0.1) is 0 Å². The lowest BCUT2D eigenvalue weighted by Crippen LogP contribution is -2.23. The summed E-state index contributed by atoms with van der Waals surface area (Å²) < 4.78 is 25.9. The summed E-state index contributed by atoms with van der Waals surface area (Å²) in [6, 6.07) is 7.58. The molecular formula is C12H15F2N. The molecule has 82 valence electrons. The maximum absolute atomic E-state index is 12.9. The third-order valence-electron chi connectivity index (χ3n) is 3.10. The standard InChI is InChI=1S/C12H15F2N/c13-12(14)6-4-9(5-7-12)10-2-1-3-11(15)8-10/h1-3,8-9H,4-7,15H2. The van der Waals surface area contributed by atoms with Gasteiger partial charge < -0.3 is 5.73 Å². The van der Waals surface area contributed by atoms with Gasteiger partial charge in [0.05, 0.1) is 0 Å². The quantitative estimate of drug-likeness (QED) is 0.706. The summed E-state index contributed by atoms with van der Waals surface area (Å²) in [6.45, 7) is 0. The molecule has 0 atom stereocenters. The van der Waals surface area contributed by atoms with E-state index in [0.717, 1.165) is 5.56 Å². The third-order valence-corrected chi connectivity index (χ3v) is 3.10. The molecule has 0 amide bonds. The summed E-state index contributed by atoms with van der Waals surface area (Å²) in [6.07, 6.45) is 1.14. The number of alkyl halides is 2. The average Bonchev–Trinajstić information content (AvgIpc) is 2.17. The molecule has 1 aromatic rings. The minimum Gasteiger partial charge on any atom is -0.399 e. The minimum atomic E-state index is -2.45. The van der Waals surface area contributed by atoms with Crippen LogP contribution in [0.15, 0.2) is 24.3 Å². The van der Waals surface area contributed by atoms with Crippen LogP contribution in [-0.4, -0.2) is 5.92 Å². The van der Waals surface area contributed by atoms with E-state index in [9.17, 15) is 8.78 Å². The van der Waals surface area contributed by atoms with E-state index < -0.39 is 5.92 Å². The van der Waals surface area contributed by atoms with Crippen LogP contribution in [0.1, 0.15) is 37.2 Å². The molecule has 0 radical (unpaired) electrons. The number of nitrogens with two attached hydrogens (primary N) is 1. The van der Waals surface area contributed by atoms with Crippen molar-refractivity contribution in [3.63, 3.8) is 0 Å². The molecule has 1 saturated carbocycles. The van der Waals surface area contributed by atoms with Crippen molar-refractivity contribution in [2.75, 3.05) is 5.73 Å². The molecule has 0 saturated heterocycles. The van der Waals surface area contributed by atoms with Gasteiger partial charge in [0, 0.05) is 18.5 Å². The van der Waals surface area contributed by atoms with Crippen molar-refractivity contribution in [2.24, 2.45) is 0 Å². The van der Waals surface area contributed by atoms with Gasteiger partial charge in [0.1, 0.15) is 0 Å². The summed E-state index contributed by atoms with van der Waals surface area (Å²) in [7, 11) is 0. The number of hydrogen-bond acceptors (Lipinski definition) is 1. The Morgan fingerprint density at radius 1 is 1.20 bits per heavy atom. The molecule has 0 bridgehead atoms. The van der Waals surface area contributed by atoms with Crippen LogP contribution in [0.5, 0.6) is 0 Å². The van der Waals surface area contributed by atoms with E-state index in [4.69, 9.17) is 5.73 Å². The number of rotatable bonds is 1. The molecule has 1 nitrogen and oxygen atoms in total. The Labute approximate surface area is 88.3 Å². The molecule has 1 aliphatic rings. The highest BCUT2D eigenvalue weighted by Gasteiger charge is 2.35. The molecule has 0 aliphatic heterocycles. The highest BCUT2D eigenvalue weighted by Crippen LogP contribution is 2.40. The Balaban J connectivity index is 2.08. The fraction of sp³-hybridized carbons (Fsp3) is 0.500. The molecule has 0 spiro atoms. The predicted molar refractivity (Wildman–Crippen MR) is 57.0 cm³/mol. The molecular weight excluding hydrogens is 196 g/mol. The first-order chi connectivity index (χ1) is 7.07. The highest BCUT2D eigenvalue weighted by molar-refractivity contribution is 5.41. The average molecular weight is 211 g/mol. The van der Waals surface area contributed by atoms with Gasteiger partial charge in [0.15, 0.2) is 0 Å². The van der Waals surface area contributed by atoms with Gasteiger partial charge in [-0.05, 0) is 36.5 Å². The zero-order valence-electron chi connectivity index (χ0n) is 8.55.